The van der Waals surface area contributed by atoms with Crippen molar-refractivity contribution < 1.29 is 4.74 Å². The fourth-order valence-electron chi connectivity index (χ4n) is 2.96. The van der Waals surface area contributed by atoms with Crippen LogP contribution in [0.1, 0.15) is 18.9 Å². The largest absolute Gasteiger partial charge is 0.497 e. The number of benzene rings is 2. The van der Waals surface area contributed by atoms with Crippen molar-refractivity contribution in [3.05, 3.63) is 76.8 Å². The van der Waals surface area contributed by atoms with E-state index in [0.29, 0.717) is 5.02 Å². The third-order valence-corrected chi connectivity index (χ3v) is 6.52. The van der Waals surface area contributed by atoms with Crippen LogP contribution in [0.4, 0.5) is 0 Å². The van der Waals surface area contributed by atoms with Crippen molar-refractivity contribution in [2.45, 2.75) is 36.0 Å². The van der Waals surface area contributed by atoms with Gasteiger partial charge in [-0.15, -0.1) is 11.8 Å². The van der Waals surface area contributed by atoms with E-state index in [2.05, 4.69) is 28.6 Å². The zero-order chi connectivity index (χ0) is 19.3. The predicted molar refractivity (Wildman–Crippen MR) is 114 cm³/mol. The monoisotopic (exact) mass is 420 g/mol. The van der Waals surface area contributed by atoms with Crippen LogP contribution >= 0.6 is 35.0 Å². The molecule has 0 fully saturated rings. The van der Waals surface area contributed by atoms with Crippen LogP contribution in [-0.2, 0) is 13.0 Å². The summed E-state index contributed by atoms with van der Waals surface area (Å²) in [6.45, 7) is 3.16. The number of imidazole rings is 1. The van der Waals surface area contributed by atoms with Gasteiger partial charge < -0.3 is 9.30 Å². The van der Waals surface area contributed by atoms with Crippen molar-refractivity contribution in [1.82, 2.24) is 9.55 Å². The number of halogens is 2. The Bertz CT molecular complexity index is 868. The van der Waals surface area contributed by atoms with Crippen molar-refractivity contribution in [2.24, 2.45) is 0 Å². The number of hydrogen-bond donors (Lipinski definition) is 0. The molecular formula is C21H22Cl2N2OS. The summed E-state index contributed by atoms with van der Waals surface area (Å²) >= 11 is 14.4. The Morgan fingerprint density at radius 3 is 2.59 bits per heavy atom. The zero-order valence-corrected chi connectivity index (χ0v) is 17.7. The molecule has 1 unspecified atom stereocenters. The molecule has 1 heterocycles. The van der Waals surface area contributed by atoms with Gasteiger partial charge in [0.1, 0.15) is 5.75 Å². The number of methoxy groups -OCH3 is 1. The summed E-state index contributed by atoms with van der Waals surface area (Å²) < 4.78 is 7.31. The Hall–Kier alpha value is -1.62. The Morgan fingerprint density at radius 2 is 1.93 bits per heavy atom. The normalized spacial score (nSPS) is 13.3. The van der Waals surface area contributed by atoms with Crippen molar-refractivity contribution in [3.8, 4) is 5.75 Å². The molecule has 0 aliphatic heterocycles. The van der Waals surface area contributed by atoms with Gasteiger partial charge in [0.2, 0.25) is 0 Å². The highest BCUT2D eigenvalue weighted by Gasteiger charge is 2.27. The zero-order valence-electron chi connectivity index (χ0n) is 15.4. The molecular weight excluding hydrogens is 399 g/mol. The number of nitrogens with zero attached hydrogens (tertiary/aromatic N) is 2. The summed E-state index contributed by atoms with van der Waals surface area (Å²) in [5, 5.41) is 1.43. The first kappa shape index (κ1) is 20.1. The lowest BCUT2D eigenvalue weighted by molar-refractivity contribution is 0.414. The average Bonchev–Trinajstić information content (AvgIpc) is 3.18. The van der Waals surface area contributed by atoms with Crippen molar-refractivity contribution in [2.75, 3.05) is 7.11 Å². The fraction of sp³-hybridized carbons (Fsp3) is 0.286. The highest BCUT2D eigenvalue weighted by Crippen LogP contribution is 2.42. The second kappa shape index (κ2) is 9.05. The molecule has 0 saturated carbocycles. The number of thioether (sulfide) groups is 1. The van der Waals surface area contributed by atoms with Gasteiger partial charge in [0, 0.05) is 33.6 Å². The van der Waals surface area contributed by atoms with E-state index in [4.69, 9.17) is 27.9 Å². The standard InChI is InChI=1S/C21H22Cl2N2OS/c1-21(9-11-25-12-10-24-15-25,14-16-3-6-18(26-2)7-4-16)27-20-13-17(22)5-8-19(20)23/h3-8,10,12-13,15H,9,11,14H2,1-2H3. The van der Waals surface area contributed by atoms with E-state index in [-0.39, 0.29) is 4.75 Å². The Kier molecular flexibility index (Phi) is 6.74. The predicted octanol–water partition coefficient (Wildman–Crippen LogP) is 6.38. The van der Waals surface area contributed by atoms with Gasteiger partial charge >= 0.3 is 0 Å². The van der Waals surface area contributed by atoms with Gasteiger partial charge in [0.15, 0.2) is 0 Å². The smallest absolute Gasteiger partial charge is 0.118 e. The minimum Gasteiger partial charge on any atom is -0.497 e. The van der Waals surface area contributed by atoms with Crippen molar-refractivity contribution in [3.63, 3.8) is 0 Å². The van der Waals surface area contributed by atoms with Crippen molar-refractivity contribution >= 4 is 35.0 Å². The molecule has 0 radical (unpaired) electrons. The number of hydrogen-bond acceptors (Lipinski definition) is 3. The summed E-state index contributed by atoms with van der Waals surface area (Å²) in [6, 6.07) is 13.9. The lowest BCUT2D eigenvalue weighted by atomic mass is 9.97. The quantitative estimate of drug-likeness (QED) is 0.395. The number of aromatic nitrogens is 2. The van der Waals surface area contributed by atoms with Gasteiger partial charge in [-0.05, 0) is 55.7 Å². The summed E-state index contributed by atoms with van der Waals surface area (Å²) in [5.41, 5.74) is 1.26. The molecule has 142 valence electrons. The SMILES string of the molecule is COc1ccc(CC(C)(CCn2ccnc2)Sc2cc(Cl)ccc2Cl)cc1. The summed E-state index contributed by atoms with van der Waals surface area (Å²) in [6.07, 6.45) is 7.51. The highest BCUT2D eigenvalue weighted by atomic mass is 35.5. The molecule has 0 bridgehead atoms. The molecule has 2 aromatic carbocycles. The number of ether oxygens (including phenoxy) is 1. The highest BCUT2D eigenvalue weighted by molar-refractivity contribution is 8.00. The van der Waals surface area contributed by atoms with E-state index in [1.807, 2.05) is 49.1 Å². The molecule has 3 nitrogen and oxygen atoms in total. The maximum atomic E-state index is 6.43. The topological polar surface area (TPSA) is 27.1 Å². The van der Waals surface area contributed by atoms with E-state index in [0.717, 1.165) is 35.1 Å². The molecule has 0 spiro atoms. The molecule has 3 aromatic rings. The molecule has 0 amide bonds. The Morgan fingerprint density at radius 1 is 1.15 bits per heavy atom. The molecule has 1 atom stereocenters. The first-order valence-corrected chi connectivity index (χ1v) is 10.3. The number of rotatable bonds is 8. The minimum absolute atomic E-state index is 0.0623. The molecule has 3 rings (SSSR count). The molecule has 0 N–H and O–H groups in total. The first-order valence-electron chi connectivity index (χ1n) is 8.70. The molecule has 27 heavy (non-hydrogen) atoms. The van der Waals surface area contributed by atoms with Gasteiger partial charge in [-0.25, -0.2) is 4.98 Å². The second-order valence-corrected chi connectivity index (χ2v) is 9.18. The lowest BCUT2D eigenvalue weighted by Gasteiger charge is -2.30. The molecule has 0 aliphatic rings. The molecule has 1 aromatic heterocycles. The summed E-state index contributed by atoms with van der Waals surface area (Å²) in [5.74, 6) is 0.865. The summed E-state index contributed by atoms with van der Waals surface area (Å²) in [7, 11) is 1.68. The van der Waals surface area contributed by atoms with Crippen LogP contribution < -0.4 is 4.74 Å². The van der Waals surface area contributed by atoms with E-state index >= 15 is 0 Å². The molecule has 0 saturated heterocycles. The second-order valence-electron chi connectivity index (χ2n) is 6.70. The van der Waals surface area contributed by atoms with Gasteiger partial charge in [-0.2, -0.15) is 0 Å². The lowest BCUT2D eigenvalue weighted by Crippen LogP contribution is -2.25. The van der Waals surface area contributed by atoms with E-state index < -0.39 is 0 Å². The van der Waals surface area contributed by atoms with Gasteiger partial charge in [0.25, 0.3) is 0 Å². The van der Waals surface area contributed by atoms with Crippen LogP contribution in [-0.4, -0.2) is 21.4 Å². The maximum absolute atomic E-state index is 6.43. The Balaban J connectivity index is 1.83. The van der Waals surface area contributed by atoms with E-state index in [1.165, 1.54) is 5.56 Å². The van der Waals surface area contributed by atoms with Crippen LogP contribution in [0.25, 0.3) is 0 Å². The van der Waals surface area contributed by atoms with Crippen LogP contribution in [0.2, 0.25) is 10.0 Å². The van der Waals surface area contributed by atoms with Crippen LogP contribution in [0.5, 0.6) is 5.75 Å². The third-order valence-electron chi connectivity index (χ3n) is 4.44. The number of aryl methyl sites for hydroxylation is 1. The van der Waals surface area contributed by atoms with Crippen LogP contribution in [0.3, 0.4) is 0 Å². The third kappa shape index (κ3) is 5.68. The van der Waals surface area contributed by atoms with Crippen molar-refractivity contribution in [1.29, 1.82) is 0 Å². The molecule has 6 heteroatoms. The Labute approximate surface area is 174 Å². The van der Waals surface area contributed by atoms with Gasteiger partial charge in [-0.1, -0.05) is 35.3 Å². The minimum atomic E-state index is -0.0623. The van der Waals surface area contributed by atoms with Gasteiger partial charge in [0.05, 0.1) is 18.5 Å². The average molecular weight is 421 g/mol. The van der Waals surface area contributed by atoms with Crippen LogP contribution in [0, 0.1) is 0 Å². The van der Waals surface area contributed by atoms with E-state index in [1.54, 1.807) is 18.9 Å². The fourth-order valence-corrected chi connectivity index (χ4v) is 4.74. The summed E-state index contributed by atoms with van der Waals surface area (Å²) in [4.78, 5) is 5.14. The molecule has 0 aliphatic carbocycles. The van der Waals surface area contributed by atoms with Gasteiger partial charge in [-0.3, -0.25) is 0 Å². The van der Waals surface area contributed by atoms with E-state index in [9.17, 15) is 0 Å². The first-order chi connectivity index (χ1) is 13.0. The maximum Gasteiger partial charge on any atom is 0.118 e. The van der Waals surface area contributed by atoms with Crippen LogP contribution in [0.15, 0.2) is 66.1 Å².